The molecule has 100 valence electrons. The van der Waals surface area contributed by atoms with Crippen molar-refractivity contribution >= 4 is 27.4 Å². The molecule has 1 unspecified atom stereocenters. The lowest BCUT2D eigenvalue weighted by molar-refractivity contribution is 0.883. The van der Waals surface area contributed by atoms with E-state index in [0.29, 0.717) is 0 Å². The summed E-state index contributed by atoms with van der Waals surface area (Å²) in [5, 5.41) is 6.69. The van der Waals surface area contributed by atoms with Crippen molar-refractivity contribution in [2.45, 2.75) is 19.9 Å². The summed E-state index contributed by atoms with van der Waals surface area (Å²) in [5.41, 5.74) is 2.31. The van der Waals surface area contributed by atoms with E-state index in [-0.39, 0.29) is 6.04 Å². The zero-order chi connectivity index (χ0) is 13.7. The van der Waals surface area contributed by atoms with Crippen LogP contribution in [0, 0.1) is 0 Å². The maximum absolute atomic E-state index is 4.26. The van der Waals surface area contributed by atoms with E-state index >= 15 is 0 Å². The molecule has 0 saturated heterocycles. The Kier molecular flexibility index (Phi) is 4.80. The molecule has 0 saturated carbocycles. The standard InChI is InChI=1S/C15H18BrN3/c1-3-17-15-10-14(7-8-18-15)19-11(2)12-5-4-6-13(16)9-12/h4-11H,3H2,1-2H3,(H2,17,18,19). The maximum atomic E-state index is 4.26. The van der Waals surface area contributed by atoms with Gasteiger partial charge in [0, 0.05) is 35.0 Å². The molecule has 1 heterocycles. The predicted octanol–water partition coefficient (Wildman–Crippen LogP) is 4.45. The molecule has 1 aromatic heterocycles. The molecule has 3 nitrogen and oxygen atoms in total. The quantitative estimate of drug-likeness (QED) is 0.855. The molecule has 0 fully saturated rings. The summed E-state index contributed by atoms with van der Waals surface area (Å²) in [4.78, 5) is 4.26. The lowest BCUT2D eigenvalue weighted by atomic mass is 10.1. The zero-order valence-corrected chi connectivity index (χ0v) is 12.7. The van der Waals surface area contributed by atoms with Crippen molar-refractivity contribution in [3.05, 3.63) is 52.6 Å². The molecule has 0 spiro atoms. The van der Waals surface area contributed by atoms with Gasteiger partial charge in [-0.1, -0.05) is 28.1 Å². The zero-order valence-electron chi connectivity index (χ0n) is 11.2. The van der Waals surface area contributed by atoms with Crippen molar-refractivity contribution in [1.29, 1.82) is 0 Å². The van der Waals surface area contributed by atoms with Gasteiger partial charge in [-0.05, 0) is 37.6 Å². The van der Waals surface area contributed by atoms with Crippen LogP contribution in [0.25, 0.3) is 0 Å². The van der Waals surface area contributed by atoms with Crippen molar-refractivity contribution in [2.75, 3.05) is 17.2 Å². The fourth-order valence-electron chi connectivity index (χ4n) is 1.91. The topological polar surface area (TPSA) is 37.0 Å². The number of anilines is 2. The minimum Gasteiger partial charge on any atom is -0.378 e. The van der Waals surface area contributed by atoms with Crippen LogP contribution in [0.5, 0.6) is 0 Å². The van der Waals surface area contributed by atoms with Gasteiger partial charge < -0.3 is 10.6 Å². The van der Waals surface area contributed by atoms with Crippen molar-refractivity contribution in [3.8, 4) is 0 Å². The molecule has 1 atom stereocenters. The van der Waals surface area contributed by atoms with Gasteiger partial charge in [0.25, 0.3) is 0 Å². The first-order valence-corrected chi connectivity index (χ1v) is 7.20. The summed E-state index contributed by atoms with van der Waals surface area (Å²) < 4.78 is 1.10. The Morgan fingerprint density at radius 2 is 2.11 bits per heavy atom. The second kappa shape index (κ2) is 6.57. The molecule has 0 bridgehead atoms. The molecular formula is C15H18BrN3. The molecule has 2 aromatic rings. The molecule has 0 aliphatic carbocycles. The van der Waals surface area contributed by atoms with Gasteiger partial charge in [0.05, 0.1) is 0 Å². The van der Waals surface area contributed by atoms with E-state index in [1.807, 2.05) is 30.5 Å². The van der Waals surface area contributed by atoms with Gasteiger partial charge in [0.15, 0.2) is 0 Å². The van der Waals surface area contributed by atoms with Crippen LogP contribution in [0.3, 0.4) is 0 Å². The summed E-state index contributed by atoms with van der Waals surface area (Å²) in [7, 11) is 0. The average Bonchev–Trinajstić information content (AvgIpc) is 2.39. The first-order chi connectivity index (χ1) is 9.19. The van der Waals surface area contributed by atoms with Crippen LogP contribution in [0.15, 0.2) is 47.1 Å². The van der Waals surface area contributed by atoms with Crippen LogP contribution in [0.4, 0.5) is 11.5 Å². The number of pyridine rings is 1. The molecule has 4 heteroatoms. The van der Waals surface area contributed by atoms with E-state index in [4.69, 9.17) is 0 Å². The summed E-state index contributed by atoms with van der Waals surface area (Å²) in [6, 6.07) is 12.6. The number of benzene rings is 1. The molecule has 2 rings (SSSR count). The number of nitrogens with zero attached hydrogens (tertiary/aromatic N) is 1. The van der Waals surface area contributed by atoms with Crippen LogP contribution in [-0.2, 0) is 0 Å². The fourth-order valence-corrected chi connectivity index (χ4v) is 2.32. The Morgan fingerprint density at radius 3 is 2.84 bits per heavy atom. The average molecular weight is 320 g/mol. The van der Waals surface area contributed by atoms with Crippen LogP contribution in [0.1, 0.15) is 25.5 Å². The number of hydrogen-bond donors (Lipinski definition) is 2. The molecular weight excluding hydrogens is 302 g/mol. The highest BCUT2D eigenvalue weighted by atomic mass is 79.9. The SMILES string of the molecule is CCNc1cc(NC(C)c2cccc(Br)c2)ccn1. The Bertz CT molecular complexity index is 542. The molecule has 19 heavy (non-hydrogen) atoms. The van der Waals surface area contributed by atoms with E-state index in [1.54, 1.807) is 0 Å². The lowest BCUT2D eigenvalue weighted by Gasteiger charge is -2.16. The predicted molar refractivity (Wildman–Crippen MR) is 84.6 cm³/mol. The van der Waals surface area contributed by atoms with Crippen LogP contribution in [-0.4, -0.2) is 11.5 Å². The van der Waals surface area contributed by atoms with Crippen LogP contribution >= 0.6 is 15.9 Å². The monoisotopic (exact) mass is 319 g/mol. The van der Waals surface area contributed by atoms with Gasteiger partial charge in [0.2, 0.25) is 0 Å². The fraction of sp³-hybridized carbons (Fsp3) is 0.267. The molecule has 0 aliphatic rings. The van der Waals surface area contributed by atoms with E-state index in [9.17, 15) is 0 Å². The maximum Gasteiger partial charge on any atom is 0.127 e. The van der Waals surface area contributed by atoms with Crippen molar-refractivity contribution < 1.29 is 0 Å². The number of rotatable bonds is 5. The van der Waals surface area contributed by atoms with Gasteiger partial charge in [-0.2, -0.15) is 0 Å². The molecule has 2 N–H and O–H groups in total. The molecule has 0 radical (unpaired) electrons. The number of nitrogens with one attached hydrogen (secondary N) is 2. The van der Waals surface area contributed by atoms with Crippen LogP contribution < -0.4 is 10.6 Å². The van der Waals surface area contributed by atoms with E-state index in [1.165, 1.54) is 5.56 Å². The minimum absolute atomic E-state index is 0.245. The third-order valence-electron chi connectivity index (χ3n) is 2.85. The van der Waals surface area contributed by atoms with Crippen molar-refractivity contribution in [3.63, 3.8) is 0 Å². The first-order valence-electron chi connectivity index (χ1n) is 6.41. The van der Waals surface area contributed by atoms with E-state index in [2.05, 4.69) is 57.5 Å². The Balaban J connectivity index is 2.10. The number of aromatic nitrogens is 1. The number of halogens is 1. The minimum atomic E-state index is 0.245. The van der Waals surface area contributed by atoms with Gasteiger partial charge in [0.1, 0.15) is 5.82 Å². The highest BCUT2D eigenvalue weighted by molar-refractivity contribution is 9.10. The van der Waals surface area contributed by atoms with Gasteiger partial charge in [-0.15, -0.1) is 0 Å². The summed E-state index contributed by atoms with van der Waals surface area (Å²) in [5.74, 6) is 0.897. The molecule has 0 amide bonds. The van der Waals surface area contributed by atoms with Crippen LogP contribution in [0.2, 0.25) is 0 Å². The van der Waals surface area contributed by atoms with Gasteiger partial charge in [-0.25, -0.2) is 4.98 Å². The third-order valence-corrected chi connectivity index (χ3v) is 3.34. The van der Waals surface area contributed by atoms with E-state index in [0.717, 1.165) is 22.5 Å². The highest BCUT2D eigenvalue weighted by Crippen LogP contribution is 2.22. The van der Waals surface area contributed by atoms with Crippen molar-refractivity contribution in [2.24, 2.45) is 0 Å². The van der Waals surface area contributed by atoms with Crippen molar-refractivity contribution in [1.82, 2.24) is 4.98 Å². The summed E-state index contributed by atoms with van der Waals surface area (Å²) in [6.45, 7) is 5.08. The largest absolute Gasteiger partial charge is 0.378 e. The lowest BCUT2D eigenvalue weighted by Crippen LogP contribution is -2.07. The highest BCUT2D eigenvalue weighted by Gasteiger charge is 2.06. The number of hydrogen-bond acceptors (Lipinski definition) is 3. The second-order valence-corrected chi connectivity index (χ2v) is 5.30. The third kappa shape index (κ3) is 3.96. The summed E-state index contributed by atoms with van der Waals surface area (Å²) in [6.07, 6.45) is 1.81. The smallest absolute Gasteiger partial charge is 0.127 e. The van der Waals surface area contributed by atoms with Gasteiger partial charge >= 0.3 is 0 Å². The van der Waals surface area contributed by atoms with Gasteiger partial charge in [-0.3, -0.25) is 0 Å². The molecule has 0 aliphatic heterocycles. The second-order valence-electron chi connectivity index (χ2n) is 4.38. The van der Waals surface area contributed by atoms with E-state index < -0.39 is 0 Å². The Hall–Kier alpha value is -1.55. The Labute approximate surface area is 122 Å². The first kappa shape index (κ1) is 13.9. The Morgan fingerprint density at radius 1 is 1.26 bits per heavy atom. The summed E-state index contributed by atoms with van der Waals surface area (Å²) >= 11 is 3.50. The normalized spacial score (nSPS) is 11.9. The molecule has 1 aromatic carbocycles.